The second-order valence-corrected chi connectivity index (χ2v) is 2.33. The van der Waals surface area contributed by atoms with Crippen molar-refractivity contribution < 1.29 is 4.79 Å². The molecule has 0 N–H and O–H groups in total. The molecule has 0 saturated carbocycles. The number of nitrogens with zero attached hydrogens (tertiary/aromatic N) is 3. The maximum Gasteiger partial charge on any atom is 0.193 e. The fraction of sp³-hybridized carbons (Fsp3) is 0. The van der Waals surface area contributed by atoms with Gasteiger partial charge in [0.05, 0.1) is 11.8 Å². The molecule has 0 unspecified atom stereocenters. The van der Waals surface area contributed by atoms with Gasteiger partial charge in [0, 0.05) is 12.4 Å². The van der Waals surface area contributed by atoms with Crippen molar-refractivity contribution in [2.75, 3.05) is 0 Å². The summed E-state index contributed by atoms with van der Waals surface area (Å²) in [6, 6.07) is 1.77. The van der Waals surface area contributed by atoms with Crippen molar-refractivity contribution in [3.63, 3.8) is 0 Å². The molecule has 2 rings (SSSR count). The molecule has 2 aromatic rings. The van der Waals surface area contributed by atoms with Crippen LogP contribution >= 0.6 is 0 Å². The average molecular weight is 171 g/mol. The second kappa shape index (κ2) is 3.07. The van der Waals surface area contributed by atoms with Crippen LogP contribution in [-0.4, -0.2) is 20.9 Å². The van der Waals surface area contributed by atoms with Crippen molar-refractivity contribution >= 4 is 11.9 Å². The molecule has 0 spiro atoms. The third-order valence-corrected chi connectivity index (χ3v) is 1.55. The Kier molecular flexibility index (Phi) is 1.77. The fourth-order valence-corrected chi connectivity index (χ4v) is 1.02. The number of aldehydes is 1. The summed E-state index contributed by atoms with van der Waals surface area (Å²) in [5.41, 5.74) is 1.32. The normalized spacial score (nSPS) is 9.23. The van der Waals surface area contributed by atoms with Crippen molar-refractivity contribution in [3.8, 4) is 11.8 Å². The zero-order valence-electron chi connectivity index (χ0n) is 6.64. The molecular weight excluding hydrogens is 166 g/mol. The Morgan fingerprint density at radius 3 is 3.31 bits per heavy atom. The number of fused-ring (bicyclic) bond motifs is 1. The van der Waals surface area contributed by atoms with Gasteiger partial charge in [0.1, 0.15) is 0 Å². The Hall–Kier alpha value is -2.15. The van der Waals surface area contributed by atoms with E-state index < -0.39 is 0 Å². The number of carbonyl (C=O) groups excluding carboxylic acids is 1. The Morgan fingerprint density at radius 1 is 1.54 bits per heavy atom. The average Bonchev–Trinajstić information content (AvgIpc) is 2.58. The van der Waals surface area contributed by atoms with E-state index in [9.17, 15) is 4.79 Å². The highest BCUT2D eigenvalue weighted by molar-refractivity contribution is 5.75. The molecule has 0 fully saturated rings. The minimum atomic E-state index is 0.548. The lowest BCUT2D eigenvalue weighted by atomic mass is 10.3. The first-order valence-corrected chi connectivity index (χ1v) is 3.65. The van der Waals surface area contributed by atoms with Gasteiger partial charge in [-0.2, -0.15) is 5.10 Å². The monoisotopic (exact) mass is 171 g/mol. The molecule has 0 atom stereocenters. The zero-order chi connectivity index (χ0) is 9.10. The lowest BCUT2D eigenvalue weighted by Crippen LogP contribution is -1.87. The molecule has 0 aliphatic rings. The lowest BCUT2D eigenvalue weighted by Gasteiger charge is -1.88. The third kappa shape index (κ3) is 1.27. The van der Waals surface area contributed by atoms with Crippen molar-refractivity contribution in [3.05, 3.63) is 30.2 Å². The van der Waals surface area contributed by atoms with Crippen LogP contribution < -0.4 is 0 Å². The molecule has 4 nitrogen and oxygen atoms in total. The molecule has 0 amide bonds. The van der Waals surface area contributed by atoms with Crippen LogP contribution in [-0.2, 0) is 4.79 Å². The summed E-state index contributed by atoms with van der Waals surface area (Å²) in [6.07, 6.45) is 5.56. The van der Waals surface area contributed by atoms with Crippen molar-refractivity contribution in [1.82, 2.24) is 14.6 Å². The van der Waals surface area contributed by atoms with E-state index in [2.05, 4.69) is 21.9 Å². The standard InChI is InChI=1S/C9H5N3O/c13-6-1-3-8-7-11-12-5-2-4-10-9(8)12/h2,4-7H. The van der Waals surface area contributed by atoms with Gasteiger partial charge < -0.3 is 0 Å². The maximum absolute atomic E-state index is 10.0. The van der Waals surface area contributed by atoms with Gasteiger partial charge in [-0.25, -0.2) is 9.50 Å². The first kappa shape index (κ1) is 7.50. The Labute approximate surface area is 74.2 Å². The summed E-state index contributed by atoms with van der Waals surface area (Å²) < 4.78 is 1.61. The molecule has 2 aromatic heterocycles. The lowest BCUT2D eigenvalue weighted by molar-refractivity contribution is -0.103. The van der Waals surface area contributed by atoms with Crippen LogP contribution in [0.2, 0.25) is 0 Å². The summed E-state index contributed by atoms with van der Waals surface area (Å²) in [5, 5.41) is 4.01. The molecule has 0 saturated heterocycles. The molecule has 0 aliphatic heterocycles. The quantitative estimate of drug-likeness (QED) is 0.422. The number of hydrogen-bond donors (Lipinski definition) is 0. The molecule has 2 heterocycles. The van der Waals surface area contributed by atoms with E-state index in [0.29, 0.717) is 17.5 Å². The van der Waals surface area contributed by atoms with Gasteiger partial charge >= 0.3 is 0 Å². The Bertz CT molecular complexity index is 504. The minimum Gasteiger partial charge on any atom is -0.289 e. The van der Waals surface area contributed by atoms with Crippen molar-refractivity contribution in [2.45, 2.75) is 0 Å². The predicted octanol–water partition coefficient (Wildman–Crippen LogP) is 0.280. The number of aromatic nitrogens is 3. The zero-order valence-corrected chi connectivity index (χ0v) is 6.64. The van der Waals surface area contributed by atoms with Crippen molar-refractivity contribution in [2.24, 2.45) is 0 Å². The molecule has 62 valence electrons. The summed E-state index contributed by atoms with van der Waals surface area (Å²) in [7, 11) is 0. The molecular formula is C9H5N3O. The Morgan fingerprint density at radius 2 is 2.46 bits per heavy atom. The molecule has 0 radical (unpaired) electrons. The van der Waals surface area contributed by atoms with E-state index in [-0.39, 0.29) is 0 Å². The summed E-state index contributed by atoms with van der Waals surface area (Å²) >= 11 is 0. The largest absolute Gasteiger partial charge is 0.289 e. The second-order valence-electron chi connectivity index (χ2n) is 2.33. The van der Waals surface area contributed by atoms with E-state index in [0.717, 1.165) is 0 Å². The number of hydrogen-bond acceptors (Lipinski definition) is 3. The number of rotatable bonds is 0. The van der Waals surface area contributed by atoms with E-state index in [4.69, 9.17) is 0 Å². The molecule has 4 heteroatoms. The molecule has 0 bridgehead atoms. The molecule has 0 aromatic carbocycles. The van der Waals surface area contributed by atoms with Crippen LogP contribution in [0, 0.1) is 11.8 Å². The number of carbonyl (C=O) groups is 1. The van der Waals surface area contributed by atoms with Gasteiger partial charge in [-0.05, 0) is 12.0 Å². The van der Waals surface area contributed by atoms with Gasteiger partial charge in [-0.15, -0.1) is 0 Å². The van der Waals surface area contributed by atoms with Crippen LogP contribution in [0.4, 0.5) is 0 Å². The summed E-state index contributed by atoms with van der Waals surface area (Å²) in [4.78, 5) is 14.1. The summed E-state index contributed by atoms with van der Waals surface area (Å²) in [6.45, 7) is 0. The van der Waals surface area contributed by atoms with Gasteiger partial charge in [-0.3, -0.25) is 4.79 Å². The van der Waals surface area contributed by atoms with Gasteiger partial charge in [0.15, 0.2) is 11.9 Å². The van der Waals surface area contributed by atoms with Crippen LogP contribution in [0.15, 0.2) is 24.7 Å². The first-order valence-electron chi connectivity index (χ1n) is 3.65. The van der Waals surface area contributed by atoms with Crippen LogP contribution in [0.5, 0.6) is 0 Å². The maximum atomic E-state index is 10.0. The van der Waals surface area contributed by atoms with Crippen LogP contribution in [0.3, 0.4) is 0 Å². The SMILES string of the molecule is O=CC#Cc1cnn2cccnc12. The van der Waals surface area contributed by atoms with Gasteiger partial charge in [0.2, 0.25) is 0 Å². The fourth-order valence-electron chi connectivity index (χ4n) is 1.02. The van der Waals surface area contributed by atoms with Gasteiger partial charge in [0.25, 0.3) is 0 Å². The minimum absolute atomic E-state index is 0.548. The van der Waals surface area contributed by atoms with Gasteiger partial charge in [-0.1, -0.05) is 5.92 Å². The summed E-state index contributed by atoms with van der Waals surface area (Å²) in [5.74, 6) is 4.97. The highest BCUT2D eigenvalue weighted by Crippen LogP contribution is 2.03. The third-order valence-electron chi connectivity index (χ3n) is 1.55. The highest BCUT2D eigenvalue weighted by atomic mass is 16.1. The van der Waals surface area contributed by atoms with Crippen molar-refractivity contribution in [1.29, 1.82) is 0 Å². The van der Waals surface area contributed by atoms with Crippen LogP contribution in [0.1, 0.15) is 5.56 Å². The molecule has 0 aliphatic carbocycles. The predicted molar refractivity (Wildman–Crippen MR) is 45.9 cm³/mol. The smallest absolute Gasteiger partial charge is 0.193 e. The van der Waals surface area contributed by atoms with E-state index in [1.165, 1.54) is 0 Å². The van der Waals surface area contributed by atoms with E-state index in [1.807, 2.05) is 0 Å². The first-order chi connectivity index (χ1) is 6.42. The topological polar surface area (TPSA) is 47.3 Å². The van der Waals surface area contributed by atoms with E-state index in [1.54, 1.807) is 29.2 Å². The molecule has 13 heavy (non-hydrogen) atoms. The Balaban J connectivity index is 2.64. The van der Waals surface area contributed by atoms with E-state index >= 15 is 0 Å². The van der Waals surface area contributed by atoms with Crippen LogP contribution in [0.25, 0.3) is 5.65 Å². The highest BCUT2D eigenvalue weighted by Gasteiger charge is 1.99.